The summed E-state index contributed by atoms with van der Waals surface area (Å²) in [5.74, 6) is -0.181. The van der Waals surface area contributed by atoms with Crippen molar-refractivity contribution in [3.05, 3.63) is 24.3 Å². The van der Waals surface area contributed by atoms with Crippen molar-refractivity contribution in [2.24, 2.45) is 5.73 Å². The number of rotatable bonds is 6. The van der Waals surface area contributed by atoms with Crippen LogP contribution in [0, 0.1) is 0 Å². The van der Waals surface area contributed by atoms with E-state index in [1.165, 1.54) is 19.2 Å². The number of anilines is 1. The van der Waals surface area contributed by atoms with Crippen molar-refractivity contribution in [3.63, 3.8) is 0 Å². The van der Waals surface area contributed by atoms with Crippen LogP contribution in [0.2, 0.25) is 0 Å². The highest BCUT2D eigenvalue weighted by Crippen LogP contribution is 2.15. The first-order valence-corrected chi connectivity index (χ1v) is 7.01. The van der Waals surface area contributed by atoms with Gasteiger partial charge >= 0.3 is 0 Å². The standard InChI is InChI=1S/C11H17N3O3S/c1-13-18(16,17)10-5-2-4-9(8-10)14-11(15)6-3-7-12/h2,4-5,8,13H,3,6-7,12H2,1H3,(H,14,15). The van der Waals surface area contributed by atoms with Crippen LogP contribution in [0.4, 0.5) is 5.69 Å². The number of amides is 1. The molecular weight excluding hydrogens is 254 g/mol. The first-order chi connectivity index (χ1) is 8.49. The molecule has 0 aliphatic rings. The van der Waals surface area contributed by atoms with Gasteiger partial charge in [0.25, 0.3) is 0 Å². The topological polar surface area (TPSA) is 101 Å². The SMILES string of the molecule is CNS(=O)(=O)c1cccc(NC(=O)CCCN)c1. The van der Waals surface area contributed by atoms with Crippen LogP contribution in [0.5, 0.6) is 0 Å². The van der Waals surface area contributed by atoms with E-state index >= 15 is 0 Å². The van der Waals surface area contributed by atoms with Gasteiger partial charge in [-0.3, -0.25) is 4.79 Å². The molecule has 0 atom stereocenters. The maximum absolute atomic E-state index is 11.6. The lowest BCUT2D eigenvalue weighted by atomic mass is 10.2. The predicted octanol–water partition coefficient (Wildman–Crippen LogP) is 0.272. The first kappa shape index (κ1) is 14.6. The lowest BCUT2D eigenvalue weighted by molar-refractivity contribution is -0.116. The summed E-state index contributed by atoms with van der Waals surface area (Å²) in [5, 5.41) is 2.63. The average molecular weight is 271 g/mol. The number of carbonyl (C=O) groups is 1. The highest BCUT2D eigenvalue weighted by atomic mass is 32.2. The Kier molecular flexibility index (Phi) is 5.26. The summed E-state index contributed by atoms with van der Waals surface area (Å²) in [5.41, 5.74) is 5.75. The first-order valence-electron chi connectivity index (χ1n) is 5.53. The number of sulfonamides is 1. The summed E-state index contributed by atoms with van der Waals surface area (Å²) < 4.78 is 25.4. The van der Waals surface area contributed by atoms with Gasteiger partial charge in [-0.1, -0.05) is 6.07 Å². The number of benzene rings is 1. The highest BCUT2D eigenvalue weighted by molar-refractivity contribution is 7.89. The van der Waals surface area contributed by atoms with Crippen LogP contribution < -0.4 is 15.8 Å². The maximum atomic E-state index is 11.6. The molecule has 7 heteroatoms. The molecule has 0 saturated carbocycles. The summed E-state index contributed by atoms with van der Waals surface area (Å²) in [4.78, 5) is 11.6. The fraction of sp³-hybridized carbons (Fsp3) is 0.364. The number of nitrogens with two attached hydrogens (primary N) is 1. The molecule has 6 nitrogen and oxygen atoms in total. The molecule has 0 aliphatic heterocycles. The Morgan fingerprint density at radius 3 is 2.72 bits per heavy atom. The van der Waals surface area contributed by atoms with Crippen LogP contribution >= 0.6 is 0 Å². The van der Waals surface area contributed by atoms with Crippen LogP contribution in [0.15, 0.2) is 29.2 Å². The minimum absolute atomic E-state index is 0.113. The third kappa shape index (κ3) is 4.10. The van der Waals surface area contributed by atoms with E-state index in [1.54, 1.807) is 12.1 Å². The fourth-order valence-electron chi connectivity index (χ4n) is 1.34. The molecule has 1 amide bonds. The van der Waals surface area contributed by atoms with Crippen LogP contribution in [0.1, 0.15) is 12.8 Å². The molecule has 0 aromatic heterocycles. The second kappa shape index (κ2) is 6.48. The van der Waals surface area contributed by atoms with E-state index in [0.29, 0.717) is 25.1 Å². The molecule has 0 spiro atoms. The summed E-state index contributed by atoms with van der Waals surface area (Å²) >= 11 is 0. The number of nitrogens with one attached hydrogen (secondary N) is 2. The van der Waals surface area contributed by atoms with E-state index in [9.17, 15) is 13.2 Å². The lowest BCUT2D eigenvalue weighted by Crippen LogP contribution is -2.19. The third-order valence-electron chi connectivity index (χ3n) is 2.30. The van der Waals surface area contributed by atoms with Gasteiger partial charge in [0.1, 0.15) is 0 Å². The van der Waals surface area contributed by atoms with Gasteiger partial charge in [-0.05, 0) is 38.2 Å². The van der Waals surface area contributed by atoms with E-state index in [1.807, 2.05) is 0 Å². The molecule has 1 aromatic carbocycles. The average Bonchev–Trinajstić information content (AvgIpc) is 2.36. The fourth-order valence-corrected chi connectivity index (χ4v) is 2.12. The third-order valence-corrected chi connectivity index (χ3v) is 3.72. The Balaban J connectivity index is 2.80. The van der Waals surface area contributed by atoms with Gasteiger partial charge in [0.15, 0.2) is 0 Å². The molecule has 0 aliphatic carbocycles. The zero-order valence-electron chi connectivity index (χ0n) is 10.1. The second-order valence-corrected chi connectivity index (χ2v) is 5.56. The second-order valence-electron chi connectivity index (χ2n) is 3.68. The van der Waals surface area contributed by atoms with Gasteiger partial charge in [-0.15, -0.1) is 0 Å². The van der Waals surface area contributed by atoms with Gasteiger partial charge in [-0.2, -0.15) is 0 Å². The lowest BCUT2D eigenvalue weighted by Gasteiger charge is -2.07. The maximum Gasteiger partial charge on any atom is 0.240 e. The van der Waals surface area contributed by atoms with E-state index in [4.69, 9.17) is 5.73 Å². The van der Waals surface area contributed by atoms with Gasteiger partial charge in [0, 0.05) is 12.1 Å². The van der Waals surface area contributed by atoms with Gasteiger partial charge in [-0.25, -0.2) is 13.1 Å². The Morgan fingerprint density at radius 1 is 1.39 bits per heavy atom. The summed E-state index contributed by atoms with van der Waals surface area (Å²) in [6, 6.07) is 6.07. The van der Waals surface area contributed by atoms with Crippen molar-refractivity contribution in [3.8, 4) is 0 Å². The summed E-state index contributed by atoms with van der Waals surface area (Å²) in [6.07, 6.45) is 0.917. The summed E-state index contributed by atoms with van der Waals surface area (Å²) in [7, 11) is -2.16. The van der Waals surface area contributed by atoms with E-state index < -0.39 is 10.0 Å². The van der Waals surface area contributed by atoms with Crippen molar-refractivity contribution in [1.82, 2.24) is 4.72 Å². The van der Waals surface area contributed by atoms with Gasteiger partial charge < -0.3 is 11.1 Å². The monoisotopic (exact) mass is 271 g/mol. The Morgan fingerprint density at radius 2 is 2.11 bits per heavy atom. The molecule has 0 radical (unpaired) electrons. The van der Waals surface area contributed by atoms with E-state index in [0.717, 1.165) is 0 Å². The normalized spacial score (nSPS) is 11.2. The highest BCUT2D eigenvalue weighted by Gasteiger charge is 2.12. The van der Waals surface area contributed by atoms with Crippen LogP contribution in [0.3, 0.4) is 0 Å². The van der Waals surface area contributed by atoms with Crippen LogP contribution in [-0.4, -0.2) is 27.9 Å². The molecule has 0 unspecified atom stereocenters. The quantitative estimate of drug-likeness (QED) is 0.691. The van der Waals surface area contributed by atoms with Gasteiger partial charge in [0.05, 0.1) is 4.90 Å². The van der Waals surface area contributed by atoms with Gasteiger partial charge in [0.2, 0.25) is 15.9 Å². The zero-order valence-corrected chi connectivity index (χ0v) is 11.0. The van der Waals surface area contributed by atoms with Crippen molar-refractivity contribution in [2.75, 3.05) is 18.9 Å². The molecule has 1 aromatic rings. The predicted molar refractivity (Wildman–Crippen MR) is 69.6 cm³/mol. The molecule has 4 N–H and O–H groups in total. The minimum Gasteiger partial charge on any atom is -0.330 e. The number of hydrogen-bond donors (Lipinski definition) is 3. The molecular formula is C11H17N3O3S. The molecule has 0 bridgehead atoms. The smallest absolute Gasteiger partial charge is 0.240 e. The summed E-state index contributed by atoms with van der Waals surface area (Å²) in [6.45, 7) is 0.446. The van der Waals surface area contributed by atoms with Crippen LogP contribution in [0.25, 0.3) is 0 Å². The number of carbonyl (C=O) groups excluding carboxylic acids is 1. The minimum atomic E-state index is -3.49. The largest absolute Gasteiger partial charge is 0.330 e. The molecule has 0 saturated heterocycles. The van der Waals surface area contributed by atoms with Crippen molar-refractivity contribution >= 4 is 21.6 Å². The van der Waals surface area contributed by atoms with Crippen molar-refractivity contribution in [1.29, 1.82) is 0 Å². The van der Waals surface area contributed by atoms with Crippen LogP contribution in [-0.2, 0) is 14.8 Å². The molecule has 100 valence electrons. The molecule has 0 heterocycles. The van der Waals surface area contributed by atoms with E-state index in [2.05, 4.69) is 10.0 Å². The Bertz CT molecular complexity index is 514. The molecule has 18 heavy (non-hydrogen) atoms. The number of hydrogen-bond acceptors (Lipinski definition) is 4. The van der Waals surface area contributed by atoms with Crippen molar-refractivity contribution < 1.29 is 13.2 Å². The van der Waals surface area contributed by atoms with Crippen molar-refractivity contribution in [2.45, 2.75) is 17.7 Å². The Hall–Kier alpha value is -1.44. The van der Waals surface area contributed by atoms with E-state index in [-0.39, 0.29) is 10.8 Å². The Labute approximate surface area is 107 Å². The molecule has 1 rings (SSSR count). The zero-order chi connectivity index (χ0) is 13.6. The molecule has 0 fully saturated rings.